The summed E-state index contributed by atoms with van der Waals surface area (Å²) >= 11 is 0. The summed E-state index contributed by atoms with van der Waals surface area (Å²) in [7, 11) is 3.46. The molecule has 0 radical (unpaired) electrons. The lowest BCUT2D eigenvalue weighted by atomic mass is 9.91. The van der Waals surface area contributed by atoms with Crippen molar-refractivity contribution in [1.82, 2.24) is 15.1 Å². The first kappa shape index (κ1) is 15.1. The van der Waals surface area contributed by atoms with E-state index < -0.39 is 0 Å². The van der Waals surface area contributed by atoms with Gasteiger partial charge in [-0.15, -0.1) is 0 Å². The molecule has 1 aromatic heterocycles. The Hall–Kier alpha value is -2.82. The Morgan fingerprint density at radius 3 is 2.70 bits per heavy atom. The summed E-state index contributed by atoms with van der Waals surface area (Å²) in [5, 5.41) is 18.0. The Labute approximate surface area is 134 Å². The molecule has 3 rings (SSSR count). The van der Waals surface area contributed by atoms with E-state index in [-0.39, 0.29) is 11.7 Å². The maximum Gasteiger partial charge on any atom is 0.251 e. The van der Waals surface area contributed by atoms with E-state index in [1.54, 1.807) is 24.0 Å². The first-order chi connectivity index (χ1) is 10.9. The molecule has 0 saturated heterocycles. The average molecular weight is 309 g/mol. The van der Waals surface area contributed by atoms with Crippen molar-refractivity contribution in [1.29, 1.82) is 0 Å². The number of amides is 1. The lowest BCUT2D eigenvalue weighted by Gasteiger charge is -2.14. The monoisotopic (exact) mass is 309 g/mol. The van der Waals surface area contributed by atoms with Gasteiger partial charge in [0.2, 0.25) is 0 Å². The third-order valence-corrected chi connectivity index (χ3v) is 4.27. The molecule has 0 unspecified atom stereocenters. The van der Waals surface area contributed by atoms with Gasteiger partial charge in [0.1, 0.15) is 5.75 Å². The topological polar surface area (TPSA) is 67.2 Å². The number of carbonyl (C=O) groups excluding carboxylic acids is 1. The van der Waals surface area contributed by atoms with Crippen LogP contribution in [-0.4, -0.2) is 27.8 Å². The number of hydrogen-bond donors (Lipinski definition) is 2. The van der Waals surface area contributed by atoms with Crippen LogP contribution in [0.5, 0.6) is 5.75 Å². The summed E-state index contributed by atoms with van der Waals surface area (Å²) in [4.78, 5) is 12.1. The normalized spacial score (nSPS) is 11.0. The van der Waals surface area contributed by atoms with Gasteiger partial charge in [0.05, 0.1) is 11.7 Å². The molecule has 0 fully saturated rings. The van der Waals surface area contributed by atoms with Crippen molar-refractivity contribution in [2.24, 2.45) is 7.05 Å². The lowest BCUT2D eigenvalue weighted by Crippen LogP contribution is -2.17. The Kier molecular flexibility index (Phi) is 3.56. The van der Waals surface area contributed by atoms with Crippen LogP contribution in [0.3, 0.4) is 0 Å². The molecule has 0 aliphatic carbocycles. The lowest BCUT2D eigenvalue weighted by molar-refractivity contribution is 0.0963. The predicted octanol–water partition coefficient (Wildman–Crippen LogP) is 2.92. The van der Waals surface area contributed by atoms with Gasteiger partial charge in [-0.25, -0.2) is 0 Å². The van der Waals surface area contributed by atoms with E-state index >= 15 is 0 Å². The molecule has 2 N–H and O–H groups in total. The number of nitrogens with one attached hydrogen (secondary N) is 1. The van der Waals surface area contributed by atoms with Gasteiger partial charge in [-0.3, -0.25) is 9.48 Å². The minimum Gasteiger partial charge on any atom is -0.508 e. The van der Waals surface area contributed by atoms with Crippen molar-refractivity contribution in [3.8, 4) is 16.9 Å². The molecule has 118 valence electrons. The molecule has 3 aromatic rings. The van der Waals surface area contributed by atoms with Gasteiger partial charge >= 0.3 is 0 Å². The SMILES string of the molecule is CNC(=O)c1cc(-c2c(C)ccc(O)c2C)c2cnn(C)c2c1. The zero-order chi connectivity index (χ0) is 16.7. The van der Waals surface area contributed by atoms with Crippen molar-refractivity contribution in [2.75, 3.05) is 7.05 Å². The summed E-state index contributed by atoms with van der Waals surface area (Å²) in [6, 6.07) is 7.26. The highest BCUT2D eigenvalue weighted by Crippen LogP contribution is 2.37. The summed E-state index contributed by atoms with van der Waals surface area (Å²) in [5.74, 6) is 0.0952. The Bertz CT molecular complexity index is 926. The third kappa shape index (κ3) is 2.34. The zero-order valence-corrected chi connectivity index (χ0v) is 13.6. The predicted molar refractivity (Wildman–Crippen MR) is 90.7 cm³/mol. The molecule has 5 heteroatoms. The van der Waals surface area contributed by atoms with Crippen LogP contribution in [0.15, 0.2) is 30.5 Å². The van der Waals surface area contributed by atoms with E-state index in [1.807, 2.05) is 39.1 Å². The fourth-order valence-corrected chi connectivity index (χ4v) is 2.98. The molecule has 1 amide bonds. The average Bonchev–Trinajstić information content (AvgIpc) is 2.92. The summed E-state index contributed by atoms with van der Waals surface area (Å²) in [6.45, 7) is 3.88. The van der Waals surface area contributed by atoms with Crippen molar-refractivity contribution in [3.05, 3.63) is 47.2 Å². The van der Waals surface area contributed by atoms with E-state index in [0.29, 0.717) is 5.56 Å². The highest BCUT2D eigenvalue weighted by atomic mass is 16.3. The highest BCUT2D eigenvalue weighted by Gasteiger charge is 2.17. The van der Waals surface area contributed by atoms with Crippen molar-refractivity contribution < 1.29 is 9.90 Å². The van der Waals surface area contributed by atoms with Crippen molar-refractivity contribution >= 4 is 16.8 Å². The molecule has 0 bridgehead atoms. The molecular weight excluding hydrogens is 290 g/mol. The fourth-order valence-electron chi connectivity index (χ4n) is 2.98. The van der Waals surface area contributed by atoms with E-state index in [9.17, 15) is 9.90 Å². The number of phenolic OH excluding ortho intramolecular Hbond substituents is 1. The van der Waals surface area contributed by atoms with Crippen LogP contribution >= 0.6 is 0 Å². The van der Waals surface area contributed by atoms with Gasteiger partial charge in [-0.05, 0) is 54.3 Å². The molecule has 0 aliphatic heterocycles. The second-order valence-corrected chi connectivity index (χ2v) is 5.71. The molecule has 1 heterocycles. The first-order valence-electron chi connectivity index (χ1n) is 7.41. The number of rotatable bonds is 2. The van der Waals surface area contributed by atoms with Crippen LogP contribution in [0.1, 0.15) is 21.5 Å². The van der Waals surface area contributed by atoms with Crippen LogP contribution in [0.25, 0.3) is 22.0 Å². The fraction of sp³-hybridized carbons (Fsp3) is 0.222. The maximum atomic E-state index is 12.1. The standard InChI is InChI=1S/C18H19N3O2/c1-10-5-6-16(22)11(2)17(10)13-7-12(18(23)19-3)8-15-14(13)9-20-21(15)4/h5-9,22H,1-4H3,(H,19,23). The van der Waals surface area contributed by atoms with E-state index in [2.05, 4.69) is 10.4 Å². The van der Waals surface area contributed by atoms with Crippen LogP contribution < -0.4 is 5.32 Å². The second kappa shape index (κ2) is 5.43. The van der Waals surface area contributed by atoms with Crippen molar-refractivity contribution in [2.45, 2.75) is 13.8 Å². The van der Waals surface area contributed by atoms with Crippen LogP contribution in [0.2, 0.25) is 0 Å². The number of nitrogens with zero attached hydrogens (tertiary/aromatic N) is 2. The largest absolute Gasteiger partial charge is 0.508 e. The van der Waals surface area contributed by atoms with Gasteiger partial charge in [0.15, 0.2) is 0 Å². The van der Waals surface area contributed by atoms with Gasteiger partial charge in [0.25, 0.3) is 5.91 Å². The Balaban J connectivity index is 2.42. The van der Waals surface area contributed by atoms with Gasteiger partial charge in [-0.1, -0.05) is 6.07 Å². The van der Waals surface area contributed by atoms with Crippen LogP contribution in [0.4, 0.5) is 0 Å². The van der Waals surface area contributed by atoms with Gasteiger partial charge in [-0.2, -0.15) is 5.10 Å². The number of fused-ring (bicyclic) bond motifs is 1. The second-order valence-electron chi connectivity index (χ2n) is 5.71. The van der Waals surface area contributed by atoms with E-state index in [4.69, 9.17) is 0 Å². The molecule has 23 heavy (non-hydrogen) atoms. The van der Waals surface area contributed by atoms with Crippen LogP contribution in [-0.2, 0) is 7.05 Å². The minimum atomic E-state index is -0.148. The summed E-state index contributed by atoms with van der Waals surface area (Å²) in [5.41, 5.74) is 5.13. The number of hydrogen-bond acceptors (Lipinski definition) is 3. The smallest absolute Gasteiger partial charge is 0.251 e. The molecule has 0 saturated carbocycles. The van der Waals surface area contributed by atoms with E-state index in [0.717, 1.165) is 33.2 Å². The minimum absolute atomic E-state index is 0.148. The number of phenols is 1. The molecule has 2 aromatic carbocycles. The highest BCUT2D eigenvalue weighted by molar-refractivity contribution is 6.04. The first-order valence-corrected chi connectivity index (χ1v) is 7.41. The molecule has 0 spiro atoms. The van der Waals surface area contributed by atoms with Crippen molar-refractivity contribution in [3.63, 3.8) is 0 Å². The Morgan fingerprint density at radius 2 is 2.00 bits per heavy atom. The molecule has 0 atom stereocenters. The molecule has 5 nitrogen and oxygen atoms in total. The molecular formula is C18H19N3O2. The quantitative estimate of drug-likeness (QED) is 0.765. The summed E-state index contributed by atoms with van der Waals surface area (Å²) in [6.07, 6.45) is 1.79. The molecule has 0 aliphatic rings. The van der Waals surface area contributed by atoms with E-state index in [1.165, 1.54) is 0 Å². The number of aryl methyl sites for hydroxylation is 2. The summed E-state index contributed by atoms with van der Waals surface area (Å²) < 4.78 is 1.75. The number of carbonyl (C=O) groups is 1. The van der Waals surface area contributed by atoms with Gasteiger partial charge < -0.3 is 10.4 Å². The number of aromatic hydroxyl groups is 1. The third-order valence-electron chi connectivity index (χ3n) is 4.27. The zero-order valence-electron chi connectivity index (χ0n) is 13.6. The van der Waals surface area contributed by atoms with Crippen LogP contribution in [0, 0.1) is 13.8 Å². The Morgan fingerprint density at radius 1 is 1.26 bits per heavy atom. The maximum absolute atomic E-state index is 12.1. The van der Waals surface area contributed by atoms with Gasteiger partial charge in [0, 0.05) is 25.0 Å². The number of benzene rings is 2. The number of aromatic nitrogens is 2.